The first-order chi connectivity index (χ1) is 18.8. The zero-order valence-corrected chi connectivity index (χ0v) is 39.8. The molecule has 1 unspecified atom stereocenters. The van der Waals surface area contributed by atoms with E-state index in [1.165, 1.54) is 56.9 Å². The summed E-state index contributed by atoms with van der Waals surface area (Å²) in [5, 5.41) is 0. The minimum absolute atomic E-state index is 0.708. The standard InChI is InChI=1S/C8H42O19Si12/c1-9-36(24-35-23-34-22-33-21-32-20-31-19-30-18-29-17-28)25-38(13-5,14-6)27-39(15-7,16-8)26-37(10-2,11-3)12-4/h36H,29-35H2,1-8,28H3. The summed E-state index contributed by atoms with van der Waals surface area (Å²) in [7, 11) is -10.9. The zero-order valence-electron chi connectivity index (χ0n) is 23.8. The monoisotopic (exact) mass is 778 g/mol. The lowest BCUT2D eigenvalue weighted by Crippen LogP contribution is -2.67. The largest absolute Gasteiger partial charge is 0.673 e. The molecule has 1 atom stereocenters. The van der Waals surface area contributed by atoms with Crippen LogP contribution >= 0.6 is 0 Å². The van der Waals surface area contributed by atoms with Crippen molar-refractivity contribution < 1.29 is 80.7 Å². The molecular formula is C8H42O19Si12. The van der Waals surface area contributed by atoms with Gasteiger partial charge in [0.25, 0.3) is 70.0 Å². The SMILES string of the molecule is CO[SiH](O[SiH2]O[SiH2]O[SiH2]O[SiH2]O[SiH2]O[SiH2]O[SiH2]O[SiH3])O[Si](OC)(OC)O[Si](OC)(OC)O[Si](OC)(OC)OC. The van der Waals surface area contributed by atoms with E-state index in [-0.39, 0.29) is 0 Å². The molecule has 0 aromatic carbocycles. The van der Waals surface area contributed by atoms with Crippen LogP contribution in [0.4, 0.5) is 0 Å². The normalized spacial score (nSPS) is 16.0. The molecule has 0 N–H and O–H groups in total. The lowest BCUT2D eigenvalue weighted by atomic mass is 11.8. The van der Waals surface area contributed by atoms with Crippen molar-refractivity contribution in [3.8, 4) is 0 Å². The van der Waals surface area contributed by atoms with Crippen molar-refractivity contribution >= 4 is 117 Å². The van der Waals surface area contributed by atoms with Crippen LogP contribution in [0.3, 0.4) is 0 Å². The average Bonchev–Trinajstić information content (AvgIpc) is 2.98. The lowest BCUT2D eigenvalue weighted by Gasteiger charge is -2.36. The van der Waals surface area contributed by atoms with Gasteiger partial charge in [0.2, 0.25) is 0 Å². The zero-order chi connectivity index (χ0) is 29.5. The highest BCUT2D eigenvalue weighted by atomic mass is 28.5. The smallest absolute Gasteiger partial charge is 0.449 e. The summed E-state index contributed by atoms with van der Waals surface area (Å²) >= 11 is 0. The van der Waals surface area contributed by atoms with Crippen molar-refractivity contribution in [1.82, 2.24) is 0 Å². The fourth-order valence-electron chi connectivity index (χ4n) is 2.19. The molecule has 0 saturated heterocycles. The van der Waals surface area contributed by atoms with Crippen LogP contribution in [0.1, 0.15) is 0 Å². The predicted molar refractivity (Wildman–Crippen MR) is 162 cm³/mol. The summed E-state index contributed by atoms with van der Waals surface area (Å²) in [4.78, 5) is 0. The molecule has 0 fully saturated rings. The molecule has 0 aromatic heterocycles. The van der Waals surface area contributed by atoms with E-state index in [0.717, 1.165) is 0 Å². The van der Waals surface area contributed by atoms with Crippen LogP contribution < -0.4 is 0 Å². The Kier molecular flexibility index (Phi) is 26.4. The van der Waals surface area contributed by atoms with E-state index in [9.17, 15) is 0 Å². The third-order valence-corrected chi connectivity index (χ3v) is 24.4. The van der Waals surface area contributed by atoms with Gasteiger partial charge in [-0.3, -0.25) is 0 Å². The highest BCUT2D eigenvalue weighted by molar-refractivity contribution is 6.76. The van der Waals surface area contributed by atoms with Gasteiger partial charge in [0.05, 0.1) is 0 Å². The molecule has 0 aliphatic heterocycles. The molecular weight excluding hydrogens is 737 g/mol. The fourth-order valence-corrected chi connectivity index (χ4v) is 26.3. The third-order valence-electron chi connectivity index (χ3n) is 4.00. The molecule has 0 aromatic rings. The minimum Gasteiger partial charge on any atom is -0.449 e. The Morgan fingerprint density at radius 1 is 0.462 bits per heavy atom. The van der Waals surface area contributed by atoms with Crippen LogP contribution in [0.2, 0.25) is 0 Å². The Morgan fingerprint density at radius 2 is 0.821 bits per heavy atom. The highest BCUT2D eigenvalue weighted by Crippen LogP contribution is 2.25. The van der Waals surface area contributed by atoms with E-state index in [1.807, 2.05) is 0 Å². The first kappa shape index (κ1) is 40.8. The molecule has 0 heterocycles. The Hall–Kier alpha value is 1.84. The Morgan fingerprint density at radius 3 is 1.18 bits per heavy atom. The van der Waals surface area contributed by atoms with Crippen LogP contribution in [0.15, 0.2) is 0 Å². The van der Waals surface area contributed by atoms with Crippen molar-refractivity contribution in [3.05, 3.63) is 0 Å². The highest BCUT2D eigenvalue weighted by Gasteiger charge is 2.64. The van der Waals surface area contributed by atoms with Gasteiger partial charge >= 0.3 is 36.7 Å². The van der Waals surface area contributed by atoms with Gasteiger partial charge in [-0.05, 0) is 0 Å². The van der Waals surface area contributed by atoms with E-state index in [4.69, 9.17) is 80.7 Å². The lowest BCUT2D eigenvalue weighted by molar-refractivity contribution is -0.0423. The number of rotatable bonds is 29. The van der Waals surface area contributed by atoms with Crippen molar-refractivity contribution in [2.45, 2.75) is 0 Å². The van der Waals surface area contributed by atoms with Crippen LogP contribution in [-0.4, -0.2) is 174 Å². The third kappa shape index (κ3) is 17.1. The van der Waals surface area contributed by atoms with Crippen LogP contribution in [-0.2, 0) is 80.7 Å². The maximum Gasteiger partial charge on any atom is 0.673 e. The summed E-state index contributed by atoms with van der Waals surface area (Å²) in [6.45, 7) is 0. The second kappa shape index (κ2) is 25.2. The van der Waals surface area contributed by atoms with Crippen molar-refractivity contribution in [2.24, 2.45) is 0 Å². The number of hydrogen-bond acceptors (Lipinski definition) is 19. The maximum atomic E-state index is 5.98. The first-order valence-electron chi connectivity index (χ1n) is 10.9. The van der Waals surface area contributed by atoms with Gasteiger partial charge in [0.15, 0.2) is 0 Å². The van der Waals surface area contributed by atoms with Gasteiger partial charge in [-0.25, -0.2) is 0 Å². The molecule has 0 aliphatic rings. The van der Waals surface area contributed by atoms with Crippen LogP contribution in [0.5, 0.6) is 0 Å². The second-order valence-corrected chi connectivity index (χ2v) is 30.9. The average molecular weight is 779 g/mol. The summed E-state index contributed by atoms with van der Waals surface area (Å²) in [6.07, 6.45) is 0. The van der Waals surface area contributed by atoms with E-state index < -0.39 is 107 Å². The van der Waals surface area contributed by atoms with E-state index in [1.54, 1.807) is 0 Å². The molecule has 39 heavy (non-hydrogen) atoms. The van der Waals surface area contributed by atoms with Crippen LogP contribution in [0, 0.1) is 0 Å². The first-order valence-corrected chi connectivity index (χ1v) is 26.1. The Bertz CT molecular complexity index is 554. The summed E-state index contributed by atoms with van der Waals surface area (Å²) in [5.74, 6) is 0. The molecule has 0 saturated carbocycles. The van der Waals surface area contributed by atoms with Crippen molar-refractivity contribution in [1.29, 1.82) is 0 Å². The van der Waals surface area contributed by atoms with Crippen molar-refractivity contribution in [3.63, 3.8) is 0 Å². The molecule has 0 amide bonds. The van der Waals surface area contributed by atoms with Crippen LogP contribution in [0.25, 0.3) is 0 Å². The van der Waals surface area contributed by atoms with E-state index in [2.05, 4.69) is 0 Å². The fraction of sp³-hybridized carbons (Fsp3) is 1.00. The van der Waals surface area contributed by atoms with E-state index in [0.29, 0.717) is 10.5 Å². The minimum atomic E-state index is -4.05. The van der Waals surface area contributed by atoms with E-state index >= 15 is 0 Å². The second-order valence-electron chi connectivity index (χ2n) is 6.28. The molecule has 236 valence electrons. The maximum absolute atomic E-state index is 5.98. The summed E-state index contributed by atoms with van der Waals surface area (Å²) in [6, 6.07) is 0. The van der Waals surface area contributed by atoms with Gasteiger partial charge in [-0.15, -0.1) is 0 Å². The quantitative estimate of drug-likeness (QED) is 0.0517. The molecule has 31 heteroatoms. The predicted octanol–water partition coefficient (Wildman–Crippen LogP) is -9.36. The summed E-state index contributed by atoms with van der Waals surface area (Å²) in [5.41, 5.74) is 0. The molecule has 19 nitrogen and oxygen atoms in total. The summed E-state index contributed by atoms with van der Waals surface area (Å²) < 4.78 is 104. The molecule has 0 bridgehead atoms. The van der Waals surface area contributed by atoms with Gasteiger partial charge in [-0.2, -0.15) is 0 Å². The van der Waals surface area contributed by atoms with Gasteiger partial charge < -0.3 is 80.7 Å². The molecule has 0 spiro atoms. The van der Waals surface area contributed by atoms with Crippen molar-refractivity contribution in [2.75, 3.05) is 56.9 Å². The van der Waals surface area contributed by atoms with Gasteiger partial charge in [0.1, 0.15) is 10.5 Å². The van der Waals surface area contributed by atoms with Gasteiger partial charge in [-0.1, -0.05) is 0 Å². The van der Waals surface area contributed by atoms with Gasteiger partial charge in [0, 0.05) is 56.9 Å². The molecule has 0 aliphatic carbocycles. The number of hydrogen-bond donors (Lipinski definition) is 0. The molecule has 0 radical (unpaired) electrons. The molecule has 0 rings (SSSR count). The topological polar surface area (TPSA) is 175 Å². The Labute approximate surface area is 253 Å². The Balaban J connectivity index is 4.62.